The molecule has 2 aliphatic heterocycles. The van der Waals surface area contributed by atoms with Gasteiger partial charge in [-0.2, -0.15) is 0 Å². The Labute approximate surface area is 170 Å². The van der Waals surface area contributed by atoms with Gasteiger partial charge in [0.05, 0.1) is 23.9 Å². The van der Waals surface area contributed by atoms with Gasteiger partial charge in [-0.15, -0.1) is 12.4 Å². The molecule has 0 aliphatic carbocycles. The van der Waals surface area contributed by atoms with Crippen LogP contribution in [0.5, 0.6) is 5.75 Å². The van der Waals surface area contributed by atoms with Crippen LogP contribution >= 0.6 is 24.0 Å². The Morgan fingerprint density at radius 2 is 2.15 bits per heavy atom. The second kappa shape index (κ2) is 7.66. The summed E-state index contributed by atoms with van der Waals surface area (Å²) in [5.41, 5.74) is 2.45. The number of carbonyl (C=O) groups excluding carboxylic acids is 1. The van der Waals surface area contributed by atoms with Crippen molar-refractivity contribution in [3.63, 3.8) is 0 Å². The van der Waals surface area contributed by atoms with Crippen LogP contribution in [0.25, 0.3) is 11.1 Å². The standard InChI is InChI=1S/C20H22ClN3O2.ClH/c1-24-11-9-20(19(24)25)8-6-15(23-20)16-12-13(7-10-22-16)14-4-3-5-17(26-2)18(14)21;/h3-5,7,10,12,15,23H,6,8-9,11H2,1-2H3;1H/t15-,20+;/m1./s1. The number of nitrogens with one attached hydrogen (secondary N) is 1. The average Bonchev–Trinajstić information content (AvgIpc) is 3.22. The highest BCUT2D eigenvalue weighted by molar-refractivity contribution is 6.34. The molecule has 144 valence electrons. The van der Waals surface area contributed by atoms with E-state index in [1.54, 1.807) is 13.3 Å². The minimum absolute atomic E-state index is 0. The molecule has 4 rings (SSSR count). The summed E-state index contributed by atoms with van der Waals surface area (Å²) >= 11 is 6.48. The number of methoxy groups -OCH3 is 1. The lowest BCUT2D eigenvalue weighted by atomic mass is 9.96. The van der Waals surface area contributed by atoms with Gasteiger partial charge >= 0.3 is 0 Å². The van der Waals surface area contributed by atoms with Gasteiger partial charge in [0.2, 0.25) is 5.91 Å². The van der Waals surface area contributed by atoms with Crippen molar-refractivity contribution in [2.45, 2.75) is 30.8 Å². The quantitative estimate of drug-likeness (QED) is 0.838. The number of aromatic nitrogens is 1. The fourth-order valence-electron chi connectivity index (χ4n) is 4.09. The van der Waals surface area contributed by atoms with Crippen molar-refractivity contribution in [1.82, 2.24) is 15.2 Å². The Kier molecular flexibility index (Phi) is 5.65. The van der Waals surface area contributed by atoms with Crippen LogP contribution in [0.3, 0.4) is 0 Å². The van der Waals surface area contributed by atoms with E-state index in [0.717, 1.165) is 42.6 Å². The molecule has 1 N–H and O–H groups in total. The van der Waals surface area contributed by atoms with Gasteiger partial charge in [-0.25, -0.2) is 0 Å². The number of nitrogens with zero attached hydrogens (tertiary/aromatic N) is 2. The molecule has 2 fully saturated rings. The molecule has 7 heteroatoms. The highest BCUT2D eigenvalue weighted by Crippen LogP contribution is 2.40. The molecule has 5 nitrogen and oxygen atoms in total. The molecule has 1 amide bonds. The molecule has 2 saturated heterocycles. The molecule has 0 radical (unpaired) electrons. The van der Waals surface area contributed by atoms with Crippen LogP contribution in [-0.4, -0.2) is 42.0 Å². The topological polar surface area (TPSA) is 54.5 Å². The molecule has 0 bridgehead atoms. The van der Waals surface area contributed by atoms with Crippen LogP contribution in [0.4, 0.5) is 0 Å². The first-order valence-corrected chi connectivity index (χ1v) is 9.24. The minimum Gasteiger partial charge on any atom is -0.495 e. The average molecular weight is 408 g/mol. The van der Waals surface area contributed by atoms with E-state index in [0.29, 0.717) is 10.8 Å². The predicted octanol–water partition coefficient (Wildman–Crippen LogP) is 3.86. The van der Waals surface area contributed by atoms with Crippen molar-refractivity contribution in [3.8, 4) is 16.9 Å². The number of amides is 1. The van der Waals surface area contributed by atoms with Gasteiger partial charge in [-0.1, -0.05) is 23.7 Å². The largest absolute Gasteiger partial charge is 0.495 e. The lowest BCUT2D eigenvalue weighted by molar-refractivity contribution is -0.131. The number of hydrogen-bond donors (Lipinski definition) is 1. The smallest absolute Gasteiger partial charge is 0.242 e. The van der Waals surface area contributed by atoms with E-state index in [4.69, 9.17) is 16.3 Å². The predicted molar refractivity (Wildman–Crippen MR) is 109 cm³/mol. The molecular weight excluding hydrogens is 385 g/mol. The van der Waals surface area contributed by atoms with Gasteiger partial charge < -0.3 is 9.64 Å². The molecule has 2 atom stereocenters. The molecule has 2 aliphatic rings. The first kappa shape index (κ1) is 19.9. The molecule has 1 aromatic carbocycles. The zero-order chi connectivity index (χ0) is 18.3. The van der Waals surface area contributed by atoms with Gasteiger partial charge in [-0.05, 0) is 43.0 Å². The Morgan fingerprint density at radius 1 is 1.33 bits per heavy atom. The number of likely N-dealkylation sites (N-methyl/N-ethyl adjacent to an activating group) is 1. The monoisotopic (exact) mass is 407 g/mol. The summed E-state index contributed by atoms with van der Waals surface area (Å²) in [6.07, 6.45) is 4.42. The van der Waals surface area contributed by atoms with Crippen molar-refractivity contribution in [1.29, 1.82) is 0 Å². The van der Waals surface area contributed by atoms with Crippen LogP contribution in [0.15, 0.2) is 36.5 Å². The van der Waals surface area contributed by atoms with Crippen LogP contribution in [0, 0.1) is 0 Å². The highest BCUT2D eigenvalue weighted by atomic mass is 35.5. The Hall–Kier alpha value is -1.82. The maximum Gasteiger partial charge on any atom is 0.242 e. The third kappa shape index (κ3) is 3.40. The fourth-order valence-corrected chi connectivity index (χ4v) is 4.40. The molecule has 27 heavy (non-hydrogen) atoms. The Bertz CT molecular complexity index is 861. The SMILES string of the molecule is COc1cccc(-c2ccnc([C@H]3CC[C@@]4(CCN(C)C4=O)N3)c2)c1Cl.Cl. The second-order valence-electron chi connectivity index (χ2n) is 7.09. The van der Waals surface area contributed by atoms with E-state index in [9.17, 15) is 4.79 Å². The van der Waals surface area contributed by atoms with Gasteiger partial charge in [0, 0.05) is 25.4 Å². The lowest BCUT2D eigenvalue weighted by Crippen LogP contribution is -2.47. The molecule has 2 aromatic rings. The van der Waals surface area contributed by atoms with Crippen molar-refractivity contribution < 1.29 is 9.53 Å². The third-order valence-corrected chi connectivity index (χ3v) is 5.96. The van der Waals surface area contributed by atoms with E-state index in [1.165, 1.54) is 0 Å². The summed E-state index contributed by atoms with van der Waals surface area (Å²) in [6.45, 7) is 0.811. The van der Waals surface area contributed by atoms with E-state index < -0.39 is 5.54 Å². The van der Waals surface area contributed by atoms with Gasteiger partial charge in [0.15, 0.2) is 0 Å². The number of benzene rings is 1. The summed E-state index contributed by atoms with van der Waals surface area (Å²) in [4.78, 5) is 18.9. The maximum atomic E-state index is 12.5. The van der Waals surface area contributed by atoms with E-state index in [2.05, 4.69) is 16.4 Å². The summed E-state index contributed by atoms with van der Waals surface area (Å²) in [6, 6.07) is 9.83. The van der Waals surface area contributed by atoms with Gasteiger partial charge in [-0.3, -0.25) is 15.1 Å². The number of hydrogen-bond acceptors (Lipinski definition) is 4. The molecule has 1 aromatic heterocycles. The number of halogens is 2. The zero-order valence-corrected chi connectivity index (χ0v) is 16.9. The number of rotatable bonds is 3. The van der Waals surface area contributed by atoms with Gasteiger partial charge in [0.1, 0.15) is 11.3 Å². The number of carbonyl (C=O) groups is 1. The molecule has 3 heterocycles. The Balaban J connectivity index is 0.00000210. The van der Waals surface area contributed by atoms with E-state index in [-0.39, 0.29) is 24.4 Å². The minimum atomic E-state index is -0.412. The molecule has 0 saturated carbocycles. The van der Waals surface area contributed by atoms with Crippen molar-refractivity contribution in [3.05, 3.63) is 47.2 Å². The second-order valence-corrected chi connectivity index (χ2v) is 7.46. The first-order chi connectivity index (χ1) is 12.5. The van der Waals surface area contributed by atoms with E-state index >= 15 is 0 Å². The summed E-state index contributed by atoms with van der Waals surface area (Å²) < 4.78 is 5.32. The van der Waals surface area contributed by atoms with Crippen molar-refractivity contribution in [2.24, 2.45) is 0 Å². The number of likely N-dealkylation sites (tertiary alicyclic amines) is 1. The normalized spacial score (nSPS) is 24.3. The maximum absolute atomic E-state index is 12.5. The third-order valence-electron chi connectivity index (χ3n) is 5.57. The van der Waals surface area contributed by atoms with Crippen LogP contribution < -0.4 is 10.1 Å². The number of pyridine rings is 1. The van der Waals surface area contributed by atoms with Crippen molar-refractivity contribution >= 4 is 29.9 Å². The zero-order valence-electron chi connectivity index (χ0n) is 15.4. The molecule has 1 spiro atoms. The first-order valence-electron chi connectivity index (χ1n) is 8.86. The summed E-state index contributed by atoms with van der Waals surface area (Å²) in [7, 11) is 3.48. The van der Waals surface area contributed by atoms with Crippen LogP contribution in [-0.2, 0) is 4.79 Å². The Morgan fingerprint density at radius 3 is 2.85 bits per heavy atom. The summed E-state index contributed by atoms with van der Waals surface area (Å²) in [5.74, 6) is 0.854. The van der Waals surface area contributed by atoms with Crippen molar-refractivity contribution in [2.75, 3.05) is 20.7 Å². The fraction of sp³-hybridized carbons (Fsp3) is 0.400. The molecule has 0 unspecified atom stereocenters. The highest BCUT2D eigenvalue weighted by Gasteiger charge is 2.50. The van der Waals surface area contributed by atoms with Gasteiger partial charge in [0.25, 0.3) is 0 Å². The molecular formula is C20H23Cl2N3O2. The van der Waals surface area contributed by atoms with Crippen LogP contribution in [0.1, 0.15) is 31.0 Å². The number of ether oxygens (including phenoxy) is 1. The lowest BCUT2D eigenvalue weighted by Gasteiger charge is -2.23. The van der Waals surface area contributed by atoms with E-state index in [1.807, 2.05) is 36.2 Å². The van der Waals surface area contributed by atoms with Crippen LogP contribution in [0.2, 0.25) is 5.02 Å². The summed E-state index contributed by atoms with van der Waals surface area (Å²) in [5, 5.41) is 4.16.